The fourth-order valence-corrected chi connectivity index (χ4v) is 1.86. The van der Waals surface area contributed by atoms with Gasteiger partial charge in [0.2, 0.25) is 5.91 Å². The first kappa shape index (κ1) is 13.2. The molecule has 0 bridgehead atoms. The number of carbonyl (C=O) groups excluding carboxylic acids is 2. The Labute approximate surface area is 111 Å². The molecule has 1 aromatic rings. The Morgan fingerprint density at radius 2 is 1.68 bits per heavy atom. The molecular weight excluding hydrogens is 242 g/mol. The number of anilines is 1. The van der Waals surface area contributed by atoms with Crippen molar-refractivity contribution in [3.8, 4) is 0 Å². The molecule has 0 heterocycles. The van der Waals surface area contributed by atoms with Gasteiger partial charge in [-0.3, -0.25) is 9.59 Å². The van der Waals surface area contributed by atoms with E-state index in [1.54, 1.807) is 31.3 Å². The number of ketones is 1. The van der Waals surface area contributed by atoms with E-state index < -0.39 is 5.60 Å². The standard InChI is InChI=1S/C15H15NO3/c1-11(17)16(2)13-5-3-12(4-6-13)15(19)9-7-14(18)8-10-15/h3-10,19H,1-2H3. The summed E-state index contributed by atoms with van der Waals surface area (Å²) >= 11 is 0. The molecule has 19 heavy (non-hydrogen) atoms. The monoisotopic (exact) mass is 257 g/mol. The Morgan fingerprint density at radius 1 is 1.16 bits per heavy atom. The van der Waals surface area contributed by atoms with E-state index >= 15 is 0 Å². The van der Waals surface area contributed by atoms with Gasteiger partial charge in [-0.15, -0.1) is 0 Å². The van der Waals surface area contributed by atoms with Crippen LogP contribution in [-0.2, 0) is 15.2 Å². The first-order valence-electron chi connectivity index (χ1n) is 5.92. The van der Waals surface area contributed by atoms with Crippen molar-refractivity contribution >= 4 is 17.4 Å². The van der Waals surface area contributed by atoms with Gasteiger partial charge in [0.15, 0.2) is 5.78 Å². The molecule has 4 nitrogen and oxygen atoms in total. The van der Waals surface area contributed by atoms with E-state index in [9.17, 15) is 14.7 Å². The van der Waals surface area contributed by atoms with Crippen LogP contribution in [-0.4, -0.2) is 23.8 Å². The number of carbonyl (C=O) groups is 2. The number of hydrogen-bond acceptors (Lipinski definition) is 3. The van der Waals surface area contributed by atoms with Gasteiger partial charge in [0, 0.05) is 19.7 Å². The largest absolute Gasteiger partial charge is 0.377 e. The Balaban J connectivity index is 2.29. The predicted molar refractivity (Wildman–Crippen MR) is 72.7 cm³/mol. The van der Waals surface area contributed by atoms with Crippen LogP contribution in [0.15, 0.2) is 48.6 Å². The lowest BCUT2D eigenvalue weighted by molar-refractivity contribution is -0.116. The fourth-order valence-electron chi connectivity index (χ4n) is 1.86. The minimum absolute atomic E-state index is 0.0606. The summed E-state index contributed by atoms with van der Waals surface area (Å²) in [5, 5.41) is 10.4. The number of hydrogen-bond donors (Lipinski definition) is 1. The fraction of sp³-hybridized carbons (Fsp3) is 0.200. The molecule has 4 heteroatoms. The van der Waals surface area contributed by atoms with Crippen molar-refractivity contribution in [2.75, 3.05) is 11.9 Å². The zero-order chi connectivity index (χ0) is 14.0. The summed E-state index contributed by atoms with van der Waals surface area (Å²) < 4.78 is 0. The second-order valence-corrected chi connectivity index (χ2v) is 4.52. The number of allylic oxidation sites excluding steroid dienone is 2. The zero-order valence-electron chi connectivity index (χ0n) is 10.8. The maximum atomic E-state index is 11.2. The van der Waals surface area contributed by atoms with Crippen molar-refractivity contribution in [1.29, 1.82) is 0 Å². The van der Waals surface area contributed by atoms with E-state index in [0.717, 1.165) is 5.69 Å². The topological polar surface area (TPSA) is 57.6 Å². The van der Waals surface area contributed by atoms with Gasteiger partial charge in [0.1, 0.15) is 5.60 Å². The lowest BCUT2D eigenvalue weighted by Gasteiger charge is -2.24. The van der Waals surface area contributed by atoms with E-state index in [1.807, 2.05) is 0 Å². The summed E-state index contributed by atoms with van der Waals surface area (Å²) in [7, 11) is 1.69. The average molecular weight is 257 g/mol. The SMILES string of the molecule is CC(=O)N(C)c1ccc(C2(O)C=CC(=O)C=C2)cc1. The summed E-state index contributed by atoms with van der Waals surface area (Å²) in [5.74, 6) is -0.202. The van der Waals surface area contributed by atoms with Gasteiger partial charge in [-0.1, -0.05) is 12.1 Å². The highest BCUT2D eigenvalue weighted by Gasteiger charge is 2.25. The van der Waals surface area contributed by atoms with Crippen LogP contribution in [0, 0.1) is 0 Å². The van der Waals surface area contributed by atoms with E-state index in [0.29, 0.717) is 5.56 Å². The molecule has 1 aromatic carbocycles. The quantitative estimate of drug-likeness (QED) is 0.874. The first-order valence-corrected chi connectivity index (χ1v) is 5.92. The third-order valence-electron chi connectivity index (χ3n) is 3.19. The van der Waals surface area contributed by atoms with Crippen LogP contribution in [0.3, 0.4) is 0 Å². The molecule has 1 N–H and O–H groups in total. The smallest absolute Gasteiger partial charge is 0.223 e. The second-order valence-electron chi connectivity index (χ2n) is 4.52. The molecule has 0 radical (unpaired) electrons. The molecule has 0 fully saturated rings. The van der Waals surface area contributed by atoms with Gasteiger partial charge in [0.05, 0.1) is 0 Å². The molecule has 0 aromatic heterocycles. The summed E-state index contributed by atoms with van der Waals surface area (Å²) in [5.41, 5.74) is 0.134. The Morgan fingerprint density at radius 3 is 2.16 bits per heavy atom. The molecule has 2 rings (SSSR count). The number of amides is 1. The molecule has 0 unspecified atom stereocenters. The second kappa shape index (κ2) is 4.82. The van der Waals surface area contributed by atoms with Gasteiger partial charge in [0.25, 0.3) is 0 Å². The van der Waals surface area contributed by atoms with E-state index in [1.165, 1.54) is 36.1 Å². The van der Waals surface area contributed by atoms with Crippen LogP contribution in [0.5, 0.6) is 0 Å². The van der Waals surface area contributed by atoms with Gasteiger partial charge in [-0.05, 0) is 42.0 Å². The van der Waals surface area contributed by atoms with Crippen LogP contribution >= 0.6 is 0 Å². The predicted octanol–water partition coefficient (Wildman–Crippen LogP) is 1.55. The van der Waals surface area contributed by atoms with E-state index in [4.69, 9.17) is 0 Å². The van der Waals surface area contributed by atoms with Crippen LogP contribution in [0.1, 0.15) is 12.5 Å². The van der Waals surface area contributed by atoms with Gasteiger partial charge >= 0.3 is 0 Å². The third kappa shape index (κ3) is 2.63. The van der Waals surface area contributed by atoms with Crippen LogP contribution < -0.4 is 4.90 Å². The molecule has 1 aliphatic rings. The number of nitrogens with zero attached hydrogens (tertiary/aromatic N) is 1. The molecule has 0 atom stereocenters. The maximum absolute atomic E-state index is 11.2. The molecule has 0 aliphatic heterocycles. The first-order chi connectivity index (χ1) is 8.92. The summed E-state index contributed by atoms with van der Waals surface area (Å²) in [6.07, 6.45) is 5.60. The van der Waals surface area contributed by atoms with Gasteiger partial charge in [-0.2, -0.15) is 0 Å². The third-order valence-corrected chi connectivity index (χ3v) is 3.19. The highest BCUT2D eigenvalue weighted by atomic mass is 16.3. The van der Waals surface area contributed by atoms with Crippen molar-refractivity contribution in [2.24, 2.45) is 0 Å². The van der Waals surface area contributed by atoms with Crippen LogP contribution in [0.25, 0.3) is 0 Å². The van der Waals surface area contributed by atoms with Gasteiger partial charge in [-0.25, -0.2) is 0 Å². The number of rotatable bonds is 2. The highest BCUT2D eigenvalue weighted by Crippen LogP contribution is 2.28. The van der Waals surface area contributed by atoms with E-state index in [2.05, 4.69) is 0 Å². The lowest BCUT2D eigenvalue weighted by Crippen LogP contribution is -2.24. The minimum Gasteiger partial charge on any atom is -0.377 e. The number of aliphatic hydroxyl groups is 1. The molecule has 1 aliphatic carbocycles. The molecule has 0 saturated heterocycles. The molecule has 1 amide bonds. The average Bonchev–Trinajstić information content (AvgIpc) is 2.41. The normalized spacial score (nSPS) is 16.5. The van der Waals surface area contributed by atoms with Crippen molar-refractivity contribution in [3.05, 3.63) is 54.1 Å². The molecule has 0 saturated carbocycles. The molecular formula is C15H15NO3. The zero-order valence-corrected chi connectivity index (χ0v) is 10.8. The summed E-state index contributed by atoms with van der Waals surface area (Å²) in [6, 6.07) is 6.98. The Bertz CT molecular complexity index is 554. The van der Waals surface area contributed by atoms with Crippen LogP contribution in [0.4, 0.5) is 5.69 Å². The lowest BCUT2D eigenvalue weighted by atomic mass is 9.89. The summed E-state index contributed by atoms with van der Waals surface area (Å²) in [4.78, 5) is 23.8. The maximum Gasteiger partial charge on any atom is 0.223 e. The van der Waals surface area contributed by atoms with Crippen molar-refractivity contribution < 1.29 is 14.7 Å². The van der Waals surface area contributed by atoms with Crippen molar-refractivity contribution in [3.63, 3.8) is 0 Å². The summed E-state index contributed by atoms with van der Waals surface area (Å²) in [6.45, 7) is 1.49. The number of benzene rings is 1. The van der Waals surface area contributed by atoms with E-state index in [-0.39, 0.29) is 11.7 Å². The minimum atomic E-state index is -1.26. The Kier molecular flexibility index (Phi) is 3.36. The Hall–Kier alpha value is -2.20. The molecule has 98 valence electrons. The highest BCUT2D eigenvalue weighted by molar-refractivity contribution is 6.00. The van der Waals surface area contributed by atoms with Crippen molar-refractivity contribution in [2.45, 2.75) is 12.5 Å². The van der Waals surface area contributed by atoms with Gasteiger partial charge < -0.3 is 10.0 Å². The van der Waals surface area contributed by atoms with Crippen LogP contribution in [0.2, 0.25) is 0 Å². The van der Waals surface area contributed by atoms with Crippen molar-refractivity contribution in [1.82, 2.24) is 0 Å². The molecule has 0 spiro atoms.